The zero-order chi connectivity index (χ0) is 13.7. The summed E-state index contributed by atoms with van der Waals surface area (Å²) in [4.78, 5) is 3.94. The number of pyridine rings is 1. The molecule has 0 bridgehead atoms. The van der Waals surface area contributed by atoms with Gasteiger partial charge in [-0.25, -0.2) is 4.39 Å². The van der Waals surface area contributed by atoms with Crippen LogP contribution in [0, 0.1) is 5.82 Å². The highest BCUT2D eigenvalue weighted by atomic mass is 79.9. The van der Waals surface area contributed by atoms with Crippen molar-refractivity contribution >= 4 is 38.9 Å². The van der Waals surface area contributed by atoms with Gasteiger partial charge in [-0.15, -0.1) is 0 Å². The molecule has 0 aliphatic rings. The standard InChI is InChI=1S/C13H11BrFN3S/c14-11-7-10(15)1-2-12(11)18-13(19)17-8-9-3-5-16-6-4-9/h1-7H,8H2,(H2,17,18,19). The van der Waals surface area contributed by atoms with Crippen LogP contribution in [0.5, 0.6) is 0 Å². The maximum Gasteiger partial charge on any atom is 0.171 e. The first-order valence-corrected chi connectivity index (χ1v) is 6.74. The van der Waals surface area contributed by atoms with Gasteiger partial charge in [-0.05, 0) is 64.0 Å². The van der Waals surface area contributed by atoms with E-state index < -0.39 is 0 Å². The SMILES string of the molecule is Fc1ccc(NC(=S)NCc2ccncc2)c(Br)c1. The number of anilines is 1. The molecule has 0 saturated carbocycles. The predicted octanol–water partition coefficient (Wildman–Crippen LogP) is 3.47. The van der Waals surface area contributed by atoms with E-state index in [1.807, 2.05) is 12.1 Å². The van der Waals surface area contributed by atoms with Crippen LogP contribution in [0.2, 0.25) is 0 Å². The van der Waals surface area contributed by atoms with Gasteiger partial charge in [0.25, 0.3) is 0 Å². The maximum atomic E-state index is 12.9. The van der Waals surface area contributed by atoms with Gasteiger partial charge in [-0.2, -0.15) is 0 Å². The summed E-state index contributed by atoms with van der Waals surface area (Å²) in [5.74, 6) is -0.298. The molecule has 1 heterocycles. The number of nitrogens with one attached hydrogen (secondary N) is 2. The molecule has 0 atom stereocenters. The van der Waals surface area contributed by atoms with Crippen LogP contribution >= 0.6 is 28.1 Å². The number of nitrogens with zero attached hydrogens (tertiary/aromatic N) is 1. The van der Waals surface area contributed by atoms with E-state index in [0.717, 1.165) is 5.56 Å². The Morgan fingerprint density at radius 2 is 2.00 bits per heavy atom. The third-order valence-electron chi connectivity index (χ3n) is 2.38. The first-order valence-electron chi connectivity index (χ1n) is 5.54. The number of halogens is 2. The molecule has 1 aromatic heterocycles. The highest BCUT2D eigenvalue weighted by Gasteiger charge is 2.03. The van der Waals surface area contributed by atoms with Gasteiger partial charge in [0.15, 0.2) is 5.11 Å². The summed E-state index contributed by atoms with van der Waals surface area (Å²) >= 11 is 8.45. The predicted molar refractivity (Wildman–Crippen MR) is 81.4 cm³/mol. The van der Waals surface area contributed by atoms with Crippen LogP contribution in [0.4, 0.5) is 10.1 Å². The summed E-state index contributed by atoms with van der Waals surface area (Å²) < 4.78 is 13.6. The van der Waals surface area contributed by atoms with Crippen molar-refractivity contribution in [3.63, 3.8) is 0 Å². The molecule has 0 unspecified atom stereocenters. The lowest BCUT2D eigenvalue weighted by molar-refractivity contribution is 0.627. The first kappa shape index (κ1) is 13.9. The summed E-state index contributed by atoms with van der Waals surface area (Å²) in [6.45, 7) is 0.604. The molecule has 98 valence electrons. The molecule has 2 rings (SSSR count). The Morgan fingerprint density at radius 3 is 2.68 bits per heavy atom. The molecule has 0 fully saturated rings. The van der Waals surface area contributed by atoms with E-state index in [9.17, 15) is 4.39 Å². The fraction of sp³-hybridized carbons (Fsp3) is 0.0769. The molecular weight excluding hydrogens is 329 g/mol. The quantitative estimate of drug-likeness (QED) is 0.839. The van der Waals surface area contributed by atoms with Crippen molar-refractivity contribution in [2.75, 3.05) is 5.32 Å². The number of hydrogen-bond donors (Lipinski definition) is 2. The minimum absolute atomic E-state index is 0.298. The van der Waals surface area contributed by atoms with Crippen molar-refractivity contribution in [1.29, 1.82) is 0 Å². The Morgan fingerprint density at radius 1 is 1.26 bits per heavy atom. The lowest BCUT2D eigenvalue weighted by Crippen LogP contribution is -2.28. The van der Waals surface area contributed by atoms with Crippen LogP contribution in [0.1, 0.15) is 5.56 Å². The number of thiocarbonyl (C=S) groups is 1. The second kappa shape index (κ2) is 6.58. The Labute approximate surface area is 124 Å². The largest absolute Gasteiger partial charge is 0.358 e. The fourth-order valence-electron chi connectivity index (χ4n) is 1.44. The molecule has 0 spiro atoms. The van der Waals surface area contributed by atoms with Gasteiger partial charge in [-0.3, -0.25) is 4.98 Å². The molecule has 0 amide bonds. The second-order valence-corrected chi connectivity index (χ2v) is 5.05. The summed E-state index contributed by atoms with van der Waals surface area (Å²) in [7, 11) is 0. The third kappa shape index (κ3) is 4.25. The first-order chi connectivity index (χ1) is 9.15. The number of hydrogen-bond acceptors (Lipinski definition) is 2. The Kier molecular flexibility index (Phi) is 4.81. The van der Waals surface area contributed by atoms with E-state index in [4.69, 9.17) is 12.2 Å². The van der Waals surface area contributed by atoms with E-state index >= 15 is 0 Å². The summed E-state index contributed by atoms with van der Waals surface area (Å²) in [5.41, 5.74) is 1.80. The van der Waals surface area contributed by atoms with Crippen molar-refractivity contribution in [1.82, 2.24) is 10.3 Å². The number of aromatic nitrogens is 1. The van der Waals surface area contributed by atoms with Crippen LogP contribution in [0.25, 0.3) is 0 Å². The van der Waals surface area contributed by atoms with E-state index in [1.165, 1.54) is 12.1 Å². The average molecular weight is 340 g/mol. The summed E-state index contributed by atoms with van der Waals surface area (Å²) in [5, 5.41) is 6.54. The van der Waals surface area contributed by atoms with E-state index in [-0.39, 0.29) is 5.82 Å². The van der Waals surface area contributed by atoms with Gasteiger partial charge in [-0.1, -0.05) is 0 Å². The van der Waals surface area contributed by atoms with Crippen molar-refractivity contribution in [2.45, 2.75) is 6.54 Å². The van der Waals surface area contributed by atoms with Gasteiger partial charge in [0, 0.05) is 23.4 Å². The van der Waals surface area contributed by atoms with Crippen LogP contribution in [0.3, 0.4) is 0 Å². The van der Waals surface area contributed by atoms with Crippen molar-refractivity contribution in [3.8, 4) is 0 Å². The van der Waals surface area contributed by atoms with E-state index in [1.54, 1.807) is 18.5 Å². The molecule has 0 radical (unpaired) electrons. The van der Waals surface area contributed by atoms with Crippen molar-refractivity contribution < 1.29 is 4.39 Å². The molecule has 2 N–H and O–H groups in total. The van der Waals surface area contributed by atoms with E-state index in [0.29, 0.717) is 21.8 Å². The summed E-state index contributed by atoms with van der Waals surface area (Å²) in [6.07, 6.45) is 3.45. The molecule has 2 aromatic rings. The van der Waals surface area contributed by atoms with Crippen molar-refractivity contribution in [2.24, 2.45) is 0 Å². The highest BCUT2D eigenvalue weighted by molar-refractivity contribution is 9.10. The monoisotopic (exact) mass is 339 g/mol. The lowest BCUT2D eigenvalue weighted by Gasteiger charge is -2.11. The van der Waals surface area contributed by atoms with Crippen LogP contribution in [-0.2, 0) is 6.54 Å². The zero-order valence-corrected chi connectivity index (χ0v) is 12.3. The number of benzene rings is 1. The molecule has 3 nitrogen and oxygen atoms in total. The molecule has 1 aromatic carbocycles. The normalized spacial score (nSPS) is 10.0. The zero-order valence-electron chi connectivity index (χ0n) is 9.86. The van der Waals surface area contributed by atoms with Crippen molar-refractivity contribution in [3.05, 3.63) is 58.6 Å². The molecule has 0 aliphatic carbocycles. The third-order valence-corrected chi connectivity index (χ3v) is 3.28. The second-order valence-electron chi connectivity index (χ2n) is 3.79. The van der Waals surface area contributed by atoms with Gasteiger partial charge in [0.1, 0.15) is 5.82 Å². The van der Waals surface area contributed by atoms with Crippen LogP contribution in [0.15, 0.2) is 47.2 Å². The lowest BCUT2D eigenvalue weighted by atomic mass is 10.3. The Balaban J connectivity index is 1.91. The summed E-state index contributed by atoms with van der Waals surface area (Å²) in [6, 6.07) is 8.19. The van der Waals surface area contributed by atoms with Gasteiger partial charge in [0.05, 0.1) is 5.69 Å². The van der Waals surface area contributed by atoms with Gasteiger partial charge >= 0.3 is 0 Å². The minimum atomic E-state index is -0.298. The molecular formula is C13H11BrFN3S. The van der Waals surface area contributed by atoms with Gasteiger partial charge < -0.3 is 10.6 Å². The molecule has 0 aliphatic heterocycles. The Bertz CT molecular complexity index is 577. The van der Waals surface area contributed by atoms with Gasteiger partial charge in [0.2, 0.25) is 0 Å². The molecule has 19 heavy (non-hydrogen) atoms. The van der Waals surface area contributed by atoms with E-state index in [2.05, 4.69) is 31.5 Å². The maximum absolute atomic E-state index is 12.9. The fourth-order valence-corrected chi connectivity index (χ4v) is 2.07. The molecule has 0 saturated heterocycles. The topological polar surface area (TPSA) is 37.0 Å². The average Bonchev–Trinajstić information content (AvgIpc) is 2.41. The molecule has 6 heteroatoms. The van der Waals surface area contributed by atoms with Crippen LogP contribution < -0.4 is 10.6 Å². The smallest absolute Gasteiger partial charge is 0.171 e. The Hall–Kier alpha value is -1.53. The highest BCUT2D eigenvalue weighted by Crippen LogP contribution is 2.22. The minimum Gasteiger partial charge on any atom is -0.358 e. The van der Waals surface area contributed by atoms with Crippen LogP contribution in [-0.4, -0.2) is 10.1 Å². The number of rotatable bonds is 3.